The van der Waals surface area contributed by atoms with Crippen LogP contribution in [0.3, 0.4) is 0 Å². The van der Waals surface area contributed by atoms with E-state index < -0.39 is 24.0 Å². The number of nitrogens with one attached hydrogen (secondary N) is 1. The van der Waals surface area contributed by atoms with Crippen molar-refractivity contribution in [3.8, 4) is 0 Å². The summed E-state index contributed by atoms with van der Waals surface area (Å²) < 4.78 is 4.69. The first kappa shape index (κ1) is 16.2. The van der Waals surface area contributed by atoms with Crippen molar-refractivity contribution in [1.29, 1.82) is 0 Å². The van der Waals surface area contributed by atoms with Crippen LogP contribution in [0.25, 0.3) is 0 Å². The Bertz CT molecular complexity index is 444. The molecular weight excluding hydrogens is 258 g/mol. The van der Waals surface area contributed by atoms with Crippen molar-refractivity contribution >= 4 is 11.9 Å². The summed E-state index contributed by atoms with van der Waals surface area (Å²) in [6.45, 7) is 3.82. The third-order valence-corrected chi connectivity index (χ3v) is 2.85. The molecular formula is C15H21NO4. The summed E-state index contributed by atoms with van der Waals surface area (Å²) in [4.78, 5) is 23.7. The first-order valence-electron chi connectivity index (χ1n) is 6.57. The highest BCUT2D eigenvalue weighted by Crippen LogP contribution is 2.15. The summed E-state index contributed by atoms with van der Waals surface area (Å²) in [5.74, 6) is -0.955. The van der Waals surface area contributed by atoms with Crippen LogP contribution >= 0.6 is 0 Å². The Morgan fingerprint density at radius 3 is 2.35 bits per heavy atom. The number of methoxy groups -OCH3 is 1. The molecule has 0 radical (unpaired) electrons. The Hall–Kier alpha value is -1.88. The fourth-order valence-corrected chi connectivity index (χ4v) is 1.83. The molecule has 110 valence electrons. The van der Waals surface area contributed by atoms with E-state index in [1.807, 2.05) is 19.9 Å². The summed E-state index contributed by atoms with van der Waals surface area (Å²) in [6.07, 6.45) is -0.792. The molecule has 0 aliphatic heterocycles. The Kier molecular flexibility index (Phi) is 6.18. The Morgan fingerprint density at radius 2 is 1.85 bits per heavy atom. The molecule has 0 unspecified atom stereocenters. The molecule has 0 fully saturated rings. The zero-order valence-electron chi connectivity index (χ0n) is 12.0. The molecule has 2 atom stereocenters. The van der Waals surface area contributed by atoms with E-state index >= 15 is 0 Å². The molecule has 2 N–H and O–H groups in total. The van der Waals surface area contributed by atoms with Gasteiger partial charge in [0, 0.05) is 0 Å². The number of esters is 1. The number of aliphatic hydroxyl groups excluding tert-OH is 1. The maximum atomic E-state index is 11.9. The quantitative estimate of drug-likeness (QED) is 0.772. The monoisotopic (exact) mass is 279 g/mol. The maximum absolute atomic E-state index is 11.9. The van der Waals surface area contributed by atoms with Gasteiger partial charge in [0.15, 0.2) is 6.04 Å². The summed E-state index contributed by atoms with van der Waals surface area (Å²) in [7, 11) is 1.26. The van der Waals surface area contributed by atoms with E-state index in [2.05, 4.69) is 5.32 Å². The number of carbonyl (C=O) groups is 2. The van der Waals surface area contributed by atoms with Gasteiger partial charge in [0.2, 0.25) is 5.91 Å². The fraction of sp³-hybridized carbons (Fsp3) is 0.467. The Morgan fingerprint density at radius 1 is 1.25 bits per heavy atom. The lowest BCUT2D eigenvalue weighted by Gasteiger charge is -2.19. The van der Waals surface area contributed by atoms with Gasteiger partial charge in [0.1, 0.15) is 6.10 Å². The molecule has 0 saturated heterocycles. The summed E-state index contributed by atoms with van der Waals surface area (Å²) in [5.41, 5.74) is 0.615. The number of hydrogen-bond acceptors (Lipinski definition) is 4. The smallest absolute Gasteiger partial charge is 0.333 e. The zero-order chi connectivity index (χ0) is 15.1. The third-order valence-electron chi connectivity index (χ3n) is 2.85. The number of hydrogen-bond donors (Lipinski definition) is 2. The van der Waals surface area contributed by atoms with Gasteiger partial charge in [0.25, 0.3) is 0 Å². The van der Waals surface area contributed by atoms with E-state index in [4.69, 9.17) is 4.74 Å². The Labute approximate surface area is 118 Å². The highest BCUT2D eigenvalue weighted by Gasteiger charge is 2.26. The van der Waals surface area contributed by atoms with E-state index in [1.54, 1.807) is 24.3 Å². The van der Waals surface area contributed by atoms with Crippen LogP contribution in [0.5, 0.6) is 0 Å². The second-order valence-corrected chi connectivity index (χ2v) is 5.02. The topological polar surface area (TPSA) is 75.6 Å². The van der Waals surface area contributed by atoms with Gasteiger partial charge in [0.05, 0.1) is 7.11 Å². The van der Waals surface area contributed by atoms with E-state index in [0.29, 0.717) is 12.0 Å². The van der Waals surface area contributed by atoms with E-state index in [1.165, 1.54) is 7.11 Å². The Balaban J connectivity index is 2.81. The van der Waals surface area contributed by atoms with Crippen LogP contribution in [0.1, 0.15) is 31.9 Å². The minimum Gasteiger partial charge on any atom is -0.467 e. The van der Waals surface area contributed by atoms with E-state index in [9.17, 15) is 14.7 Å². The average molecular weight is 279 g/mol. The summed E-state index contributed by atoms with van der Waals surface area (Å²) >= 11 is 0. The lowest BCUT2D eigenvalue weighted by molar-refractivity contribution is -0.146. The van der Waals surface area contributed by atoms with Gasteiger partial charge in [-0.25, -0.2) is 4.79 Å². The van der Waals surface area contributed by atoms with Crippen molar-refractivity contribution < 1.29 is 19.4 Å². The van der Waals surface area contributed by atoms with Crippen LogP contribution in [0.2, 0.25) is 0 Å². The second-order valence-electron chi connectivity index (χ2n) is 5.02. The first-order chi connectivity index (χ1) is 9.45. The molecule has 0 aliphatic carbocycles. The number of ether oxygens (including phenoxy) is 1. The predicted octanol–water partition coefficient (Wildman–Crippen LogP) is 1.42. The van der Waals surface area contributed by atoms with Crippen LogP contribution in [-0.2, 0) is 14.3 Å². The zero-order valence-corrected chi connectivity index (χ0v) is 12.0. The molecule has 1 rings (SSSR count). The molecule has 1 aromatic rings. The largest absolute Gasteiger partial charge is 0.467 e. The molecule has 1 amide bonds. The third kappa shape index (κ3) is 4.66. The lowest BCUT2D eigenvalue weighted by Crippen LogP contribution is -2.41. The van der Waals surface area contributed by atoms with Crippen molar-refractivity contribution in [2.24, 2.45) is 5.92 Å². The molecule has 0 aromatic heterocycles. The molecule has 5 nitrogen and oxygen atoms in total. The van der Waals surface area contributed by atoms with E-state index in [-0.39, 0.29) is 5.92 Å². The number of amides is 1. The second kappa shape index (κ2) is 7.65. The van der Waals surface area contributed by atoms with Crippen molar-refractivity contribution in [1.82, 2.24) is 5.32 Å². The van der Waals surface area contributed by atoms with Gasteiger partial charge < -0.3 is 15.2 Å². The van der Waals surface area contributed by atoms with Crippen molar-refractivity contribution in [3.05, 3.63) is 35.9 Å². The predicted molar refractivity (Wildman–Crippen MR) is 74.8 cm³/mol. The number of aliphatic hydroxyl groups is 1. The fourth-order valence-electron chi connectivity index (χ4n) is 1.83. The van der Waals surface area contributed by atoms with Gasteiger partial charge in [-0.05, 0) is 17.9 Å². The van der Waals surface area contributed by atoms with Crippen molar-refractivity contribution in [2.45, 2.75) is 32.4 Å². The van der Waals surface area contributed by atoms with Crippen LogP contribution in [0, 0.1) is 5.92 Å². The SMILES string of the molecule is COC(=O)[C@H](NC(=O)[C@@H](O)CC(C)C)c1ccccc1. The van der Waals surface area contributed by atoms with Gasteiger partial charge >= 0.3 is 5.97 Å². The highest BCUT2D eigenvalue weighted by molar-refractivity contribution is 5.87. The molecule has 0 aliphatic rings. The maximum Gasteiger partial charge on any atom is 0.333 e. The van der Waals surface area contributed by atoms with Gasteiger partial charge in [-0.15, -0.1) is 0 Å². The normalized spacial score (nSPS) is 13.7. The molecule has 1 aromatic carbocycles. The average Bonchev–Trinajstić information content (AvgIpc) is 2.43. The molecule has 0 bridgehead atoms. The molecule has 20 heavy (non-hydrogen) atoms. The van der Waals surface area contributed by atoms with Crippen molar-refractivity contribution in [3.63, 3.8) is 0 Å². The first-order valence-corrected chi connectivity index (χ1v) is 6.57. The lowest BCUT2D eigenvalue weighted by atomic mass is 10.0. The standard InChI is InChI=1S/C15H21NO4/c1-10(2)9-12(17)14(18)16-13(15(19)20-3)11-7-5-4-6-8-11/h4-8,10,12-13,17H,9H2,1-3H3,(H,16,18)/t12-,13+/m0/s1. The van der Waals surface area contributed by atoms with Crippen LogP contribution in [0.15, 0.2) is 30.3 Å². The number of benzene rings is 1. The number of rotatable bonds is 6. The van der Waals surface area contributed by atoms with Gasteiger partial charge in [-0.3, -0.25) is 4.79 Å². The van der Waals surface area contributed by atoms with Gasteiger partial charge in [-0.1, -0.05) is 44.2 Å². The van der Waals surface area contributed by atoms with E-state index in [0.717, 1.165) is 0 Å². The molecule has 0 heterocycles. The van der Waals surface area contributed by atoms with Crippen LogP contribution in [-0.4, -0.2) is 30.2 Å². The van der Waals surface area contributed by atoms with Crippen LogP contribution < -0.4 is 5.32 Å². The van der Waals surface area contributed by atoms with Crippen LogP contribution in [0.4, 0.5) is 0 Å². The molecule has 0 spiro atoms. The number of carbonyl (C=O) groups excluding carboxylic acids is 2. The molecule has 0 saturated carbocycles. The van der Waals surface area contributed by atoms with Crippen molar-refractivity contribution in [2.75, 3.05) is 7.11 Å². The minimum atomic E-state index is -1.13. The minimum absolute atomic E-state index is 0.184. The van der Waals surface area contributed by atoms with Gasteiger partial charge in [-0.2, -0.15) is 0 Å². The molecule has 5 heteroatoms. The summed E-state index contributed by atoms with van der Waals surface area (Å²) in [5, 5.41) is 12.3. The summed E-state index contributed by atoms with van der Waals surface area (Å²) in [6, 6.07) is 7.88. The highest BCUT2D eigenvalue weighted by atomic mass is 16.5.